The lowest BCUT2D eigenvalue weighted by Crippen LogP contribution is -2.43. The van der Waals surface area contributed by atoms with Crippen LogP contribution in [0, 0.1) is 0 Å². The van der Waals surface area contributed by atoms with Crippen LogP contribution < -0.4 is 14.9 Å². The van der Waals surface area contributed by atoms with E-state index in [2.05, 4.69) is 86.9 Å². The molecule has 0 unspecified atom stereocenters. The van der Waals surface area contributed by atoms with Crippen molar-refractivity contribution in [2.45, 2.75) is 4.90 Å². The maximum Gasteiger partial charge on any atom is 0.162 e. The number of benzene rings is 3. The van der Waals surface area contributed by atoms with Crippen molar-refractivity contribution in [2.24, 2.45) is 0 Å². The lowest BCUT2D eigenvalue weighted by atomic mass is 10.00. The van der Waals surface area contributed by atoms with E-state index in [1.807, 2.05) is 24.0 Å². The highest BCUT2D eigenvalue weighted by molar-refractivity contribution is 7.97. The summed E-state index contributed by atoms with van der Waals surface area (Å²) in [6.07, 6.45) is 5.94. The average molecular weight is 467 g/mol. The van der Waals surface area contributed by atoms with Gasteiger partial charge >= 0.3 is 0 Å². The van der Waals surface area contributed by atoms with E-state index in [0.717, 1.165) is 54.1 Å². The Morgan fingerprint density at radius 2 is 1.65 bits per heavy atom. The van der Waals surface area contributed by atoms with Crippen LogP contribution in [0.2, 0.25) is 0 Å². The lowest BCUT2D eigenvalue weighted by Gasteiger charge is -2.29. The molecular formula is C27H26N6S. The number of rotatable bonds is 5. The first kappa shape index (κ1) is 21.2. The number of aromatic nitrogens is 3. The largest absolute Gasteiger partial charge is 0.369 e. The molecule has 0 bridgehead atoms. The smallest absolute Gasteiger partial charge is 0.162 e. The molecule has 170 valence electrons. The minimum atomic E-state index is 0.861. The zero-order chi connectivity index (χ0) is 22.9. The summed E-state index contributed by atoms with van der Waals surface area (Å²) in [5, 5.41) is 10.5. The Bertz CT molecular complexity index is 1450. The number of nitrogens with zero attached hydrogens (tertiary/aromatic N) is 4. The molecular weight excluding hydrogens is 440 g/mol. The standard InChI is InChI=1S/C27H26N6S/c1-28-34-26-11-10-23(22-4-2-3-5-24(22)26)25-17-31-33-18-20(16-30-27(25)33)19-6-8-21(9-7-19)32-14-12-29-13-15-32/h2-11,16-18,28-29H,12-15H2,1H3. The quantitative estimate of drug-likeness (QED) is 0.361. The van der Waals surface area contributed by atoms with Crippen LogP contribution in [0.3, 0.4) is 0 Å². The molecule has 7 heteroatoms. The van der Waals surface area contributed by atoms with Crippen molar-refractivity contribution in [1.82, 2.24) is 24.6 Å². The molecule has 1 saturated heterocycles. The number of piperazine rings is 1. The first-order valence-corrected chi connectivity index (χ1v) is 12.4. The third-order valence-corrected chi connectivity index (χ3v) is 7.21. The van der Waals surface area contributed by atoms with E-state index in [4.69, 9.17) is 4.98 Å². The van der Waals surface area contributed by atoms with E-state index in [-0.39, 0.29) is 0 Å². The summed E-state index contributed by atoms with van der Waals surface area (Å²) < 4.78 is 5.07. The fourth-order valence-corrected chi connectivity index (χ4v) is 5.35. The first-order valence-electron chi connectivity index (χ1n) is 11.6. The molecule has 3 heterocycles. The minimum absolute atomic E-state index is 0.861. The van der Waals surface area contributed by atoms with Crippen LogP contribution >= 0.6 is 11.9 Å². The maximum atomic E-state index is 4.84. The number of hydrogen-bond donors (Lipinski definition) is 2. The topological polar surface area (TPSA) is 57.5 Å². The van der Waals surface area contributed by atoms with Gasteiger partial charge in [0.25, 0.3) is 0 Å². The number of fused-ring (bicyclic) bond motifs is 2. The molecule has 2 N–H and O–H groups in total. The summed E-state index contributed by atoms with van der Waals surface area (Å²) >= 11 is 1.63. The van der Waals surface area contributed by atoms with Crippen LogP contribution in [0.5, 0.6) is 0 Å². The van der Waals surface area contributed by atoms with Crippen LogP contribution in [0.15, 0.2) is 84.1 Å². The van der Waals surface area contributed by atoms with Crippen LogP contribution in [0.25, 0.3) is 38.7 Å². The molecule has 5 aromatic rings. The van der Waals surface area contributed by atoms with Gasteiger partial charge in [-0.15, -0.1) is 0 Å². The van der Waals surface area contributed by atoms with Crippen molar-refractivity contribution in [2.75, 3.05) is 38.1 Å². The Morgan fingerprint density at radius 1 is 0.853 bits per heavy atom. The zero-order valence-electron chi connectivity index (χ0n) is 19.0. The Morgan fingerprint density at radius 3 is 2.44 bits per heavy atom. The van der Waals surface area contributed by atoms with Gasteiger partial charge in [-0.25, -0.2) is 9.50 Å². The molecule has 0 amide bonds. The average Bonchev–Trinajstić information content (AvgIpc) is 3.33. The molecule has 0 aliphatic carbocycles. The molecule has 1 aliphatic heterocycles. The van der Waals surface area contributed by atoms with Crippen LogP contribution in [0.1, 0.15) is 0 Å². The second kappa shape index (κ2) is 9.10. The Balaban J connectivity index is 1.35. The molecule has 6 rings (SSSR count). The third kappa shape index (κ3) is 3.81. The van der Waals surface area contributed by atoms with Crippen LogP contribution in [0.4, 0.5) is 5.69 Å². The van der Waals surface area contributed by atoms with Crippen molar-refractivity contribution >= 4 is 34.1 Å². The Hall–Kier alpha value is -3.39. The highest BCUT2D eigenvalue weighted by Gasteiger charge is 2.15. The molecule has 6 nitrogen and oxygen atoms in total. The minimum Gasteiger partial charge on any atom is -0.369 e. The summed E-state index contributed by atoms with van der Waals surface area (Å²) in [6, 6.07) is 21.6. The second-order valence-corrected chi connectivity index (χ2v) is 9.47. The molecule has 1 fully saturated rings. The highest BCUT2D eigenvalue weighted by Crippen LogP contribution is 2.36. The third-order valence-electron chi connectivity index (χ3n) is 6.43. The van der Waals surface area contributed by atoms with Crippen molar-refractivity contribution < 1.29 is 0 Å². The molecule has 0 spiro atoms. The van der Waals surface area contributed by atoms with Crippen molar-refractivity contribution in [3.8, 4) is 22.3 Å². The van der Waals surface area contributed by atoms with E-state index in [9.17, 15) is 0 Å². The van der Waals surface area contributed by atoms with Crippen molar-refractivity contribution in [1.29, 1.82) is 0 Å². The number of anilines is 1. The van der Waals surface area contributed by atoms with E-state index in [1.165, 1.54) is 21.4 Å². The molecule has 34 heavy (non-hydrogen) atoms. The second-order valence-electron chi connectivity index (χ2n) is 8.42. The van der Waals surface area contributed by atoms with Gasteiger partial charge in [0, 0.05) is 60.3 Å². The lowest BCUT2D eigenvalue weighted by molar-refractivity contribution is 0.589. The summed E-state index contributed by atoms with van der Waals surface area (Å²) in [5.74, 6) is 0. The maximum absolute atomic E-state index is 4.84. The van der Waals surface area contributed by atoms with E-state index in [1.54, 1.807) is 11.9 Å². The van der Waals surface area contributed by atoms with Crippen LogP contribution in [-0.2, 0) is 0 Å². The normalized spacial score (nSPS) is 14.2. The molecule has 2 aromatic heterocycles. The zero-order valence-corrected chi connectivity index (χ0v) is 19.8. The summed E-state index contributed by atoms with van der Waals surface area (Å²) in [7, 11) is 1.94. The SMILES string of the molecule is CNSc1ccc(-c2cnn3cc(-c4ccc(N5CCNCC5)cc4)cnc23)c2ccccc12. The Labute approximate surface area is 203 Å². The molecule has 0 atom stereocenters. The van der Waals surface area contributed by atoms with Gasteiger partial charge in [0.2, 0.25) is 0 Å². The molecule has 3 aromatic carbocycles. The molecule has 1 aliphatic rings. The predicted octanol–water partition coefficient (Wildman–Crippen LogP) is 4.85. The van der Waals surface area contributed by atoms with E-state index in [0.29, 0.717) is 0 Å². The van der Waals surface area contributed by atoms with Gasteiger partial charge in [-0.2, -0.15) is 5.10 Å². The molecule has 0 radical (unpaired) electrons. The van der Waals surface area contributed by atoms with Gasteiger partial charge in [0.05, 0.1) is 6.20 Å². The van der Waals surface area contributed by atoms with Gasteiger partial charge in [-0.05, 0) is 59.1 Å². The first-order chi connectivity index (χ1) is 16.8. The molecule has 0 saturated carbocycles. The predicted molar refractivity (Wildman–Crippen MR) is 141 cm³/mol. The number of nitrogens with one attached hydrogen (secondary N) is 2. The van der Waals surface area contributed by atoms with Crippen molar-refractivity contribution in [3.63, 3.8) is 0 Å². The Kier molecular flexibility index (Phi) is 5.66. The highest BCUT2D eigenvalue weighted by atomic mass is 32.2. The van der Waals surface area contributed by atoms with Gasteiger partial charge in [0.15, 0.2) is 5.65 Å². The summed E-state index contributed by atoms with van der Waals surface area (Å²) in [4.78, 5) is 8.47. The summed E-state index contributed by atoms with van der Waals surface area (Å²) in [5.41, 5.74) is 6.51. The fourth-order valence-electron chi connectivity index (χ4n) is 4.71. The monoisotopic (exact) mass is 466 g/mol. The van der Waals surface area contributed by atoms with Crippen molar-refractivity contribution in [3.05, 3.63) is 79.3 Å². The number of hydrogen-bond acceptors (Lipinski definition) is 6. The van der Waals surface area contributed by atoms with E-state index < -0.39 is 0 Å². The van der Waals surface area contributed by atoms with E-state index >= 15 is 0 Å². The van der Waals surface area contributed by atoms with Gasteiger partial charge in [0.1, 0.15) is 0 Å². The fraction of sp³-hybridized carbons (Fsp3) is 0.185. The van der Waals surface area contributed by atoms with Crippen LogP contribution in [-0.4, -0.2) is 47.8 Å². The summed E-state index contributed by atoms with van der Waals surface area (Å²) in [6.45, 7) is 4.17. The van der Waals surface area contributed by atoms with Gasteiger partial charge < -0.3 is 10.2 Å². The van der Waals surface area contributed by atoms with Gasteiger partial charge in [-0.3, -0.25) is 4.72 Å². The van der Waals surface area contributed by atoms with Gasteiger partial charge in [-0.1, -0.05) is 42.5 Å².